The smallest absolute Gasteiger partial charge is 0.220 e. The number of carbonyl (C=O) groups excluding carboxylic acids is 1. The summed E-state index contributed by atoms with van der Waals surface area (Å²) in [5, 5.41) is 7.10. The van der Waals surface area contributed by atoms with Crippen molar-refractivity contribution in [1.29, 1.82) is 0 Å². The van der Waals surface area contributed by atoms with Gasteiger partial charge in [-0.15, -0.1) is 0 Å². The normalized spacial score (nSPS) is 13.2. The predicted octanol–water partition coefficient (Wildman–Crippen LogP) is 1.87. The predicted molar refractivity (Wildman–Crippen MR) is 85.8 cm³/mol. The van der Waals surface area contributed by atoms with Gasteiger partial charge in [-0.25, -0.2) is 0 Å². The number of nitrogens with one attached hydrogen (secondary N) is 1. The Kier molecular flexibility index (Phi) is 6.89. The molecule has 5 heteroatoms. The van der Waals surface area contributed by atoms with Crippen molar-refractivity contribution in [3.63, 3.8) is 0 Å². The van der Waals surface area contributed by atoms with Gasteiger partial charge in [-0.1, -0.05) is 20.8 Å². The molecule has 0 spiro atoms. The minimum Gasteiger partial charge on any atom is -0.356 e. The Morgan fingerprint density at radius 1 is 1.43 bits per heavy atom. The number of aromatic nitrogens is 2. The van der Waals surface area contributed by atoms with Gasteiger partial charge in [0.25, 0.3) is 0 Å². The van der Waals surface area contributed by atoms with Gasteiger partial charge in [-0.3, -0.25) is 9.48 Å². The summed E-state index contributed by atoms with van der Waals surface area (Å²) < 4.78 is 1.84. The number of hydrogen-bond acceptors (Lipinski definition) is 3. The molecule has 0 aliphatic rings. The van der Waals surface area contributed by atoms with E-state index in [9.17, 15) is 4.79 Å². The van der Waals surface area contributed by atoms with Crippen LogP contribution in [-0.2, 0) is 18.3 Å². The molecule has 21 heavy (non-hydrogen) atoms. The van der Waals surface area contributed by atoms with E-state index in [1.54, 1.807) is 6.20 Å². The fourth-order valence-corrected chi connectivity index (χ4v) is 2.58. The molecule has 1 rings (SSSR count). The number of rotatable bonds is 8. The number of nitrogens with zero attached hydrogens (tertiary/aromatic N) is 2. The van der Waals surface area contributed by atoms with E-state index in [1.165, 1.54) is 0 Å². The van der Waals surface area contributed by atoms with Crippen LogP contribution < -0.4 is 11.1 Å². The maximum absolute atomic E-state index is 11.9. The first-order chi connectivity index (χ1) is 9.84. The lowest BCUT2D eigenvalue weighted by atomic mass is 9.76. The summed E-state index contributed by atoms with van der Waals surface area (Å²) in [6.07, 6.45) is 5.04. The molecule has 0 aliphatic heterocycles. The summed E-state index contributed by atoms with van der Waals surface area (Å²) in [7, 11) is 1.91. The van der Waals surface area contributed by atoms with Gasteiger partial charge in [-0.2, -0.15) is 5.10 Å². The van der Waals surface area contributed by atoms with E-state index in [0.717, 1.165) is 25.0 Å². The van der Waals surface area contributed by atoms with Crippen LogP contribution in [0.5, 0.6) is 0 Å². The maximum atomic E-state index is 11.9. The molecule has 0 aliphatic carbocycles. The highest BCUT2D eigenvalue weighted by Gasteiger charge is 2.24. The third-order valence-electron chi connectivity index (χ3n) is 4.09. The molecule has 120 valence electrons. The zero-order valence-electron chi connectivity index (χ0n) is 13.9. The zero-order valence-corrected chi connectivity index (χ0v) is 13.9. The first-order valence-electron chi connectivity index (χ1n) is 7.78. The quantitative estimate of drug-likeness (QED) is 0.769. The van der Waals surface area contributed by atoms with Gasteiger partial charge >= 0.3 is 0 Å². The summed E-state index contributed by atoms with van der Waals surface area (Å²) in [6, 6.07) is 1.98. The number of hydrogen-bond donors (Lipinski definition) is 2. The molecule has 1 unspecified atom stereocenters. The van der Waals surface area contributed by atoms with Gasteiger partial charge in [0.2, 0.25) is 5.91 Å². The van der Waals surface area contributed by atoms with E-state index < -0.39 is 0 Å². The summed E-state index contributed by atoms with van der Waals surface area (Å²) in [4.78, 5) is 11.9. The SMILES string of the molecule is Cn1nccc1CCNC(=O)CCC(CCN)C(C)(C)C. The molecule has 1 atom stereocenters. The number of amides is 1. The Morgan fingerprint density at radius 2 is 2.14 bits per heavy atom. The molecular weight excluding hydrogens is 264 g/mol. The molecule has 3 N–H and O–H groups in total. The monoisotopic (exact) mass is 294 g/mol. The maximum Gasteiger partial charge on any atom is 0.220 e. The molecule has 5 nitrogen and oxygen atoms in total. The molecule has 1 aromatic rings. The third-order valence-corrected chi connectivity index (χ3v) is 4.09. The fraction of sp³-hybridized carbons (Fsp3) is 0.750. The molecule has 1 aromatic heterocycles. The highest BCUT2D eigenvalue weighted by Crippen LogP contribution is 2.31. The first kappa shape index (κ1) is 17.7. The van der Waals surface area contributed by atoms with Crippen LogP contribution >= 0.6 is 0 Å². The molecular formula is C16H30N4O. The van der Waals surface area contributed by atoms with Crippen LogP contribution in [0.15, 0.2) is 12.3 Å². The van der Waals surface area contributed by atoms with Crippen LogP contribution in [0.2, 0.25) is 0 Å². The van der Waals surface area contributed by atoms with Crippen molar-refractivity contribution in [1.82, 2.24) is 15.1 Å². The standard InChI is InChI=1S/C16H30N4O/c1-16(2,3)13(7-10-17)5-6-15(21)18-11-8-14-9-12-19-20(14)4/h9,12-13H,5-8,10-11,17H2,1-4H3,(H,18,21). The van der Waals surface area contributed by atoms with Crippen molar-refractivity contribution in [3.05, 3.63) is 18.0 Å². The van der Waals surface area contributed by atoms with Crippen molar-refractivity contribution in [2.75, 3.05) is 13.1 Å². The number of carbonyl (C=O) groups is 1. The van der Waals surface area contributed by atoms with E-state index in [2.05, 4.69) is 31.2 Å². The summed E-state index contributed by atoms with van der Waals surface area (Å²) in [6.45, 7) is 7.99. The van der Waals surface area contributed by atoms with Crippen LogP contribution in [0.4, 0.5) is 0 Å². The van der Waals surface area contributed by atoms with Gasteiger partial charge < -0.3 is 11.1 Å². The lowest BCUT2D eigenvalue weighted by molar-refractivity contribution is -0.121. The van der Waals surface area contributed by atoms with Crippen molar-refractivity contribution < 1.29 is 4.79 Å². The van der Waals surface area contributed by atoms with Crippen LogP contribution in [0.1, 0.15) is 45.7 Å². The second-order valence-corrected chi connectivity index (χ2v) is 6.73. The molecule has 1 heterocycles. The number of nitrogens with two attached hydrogens (primary N) is 1. The zero-order chi connectivity index (χ0) is 15.9. The van der Waals surface area contributed by atoms with Gasteiger partial charge in [0.05, 0.1) is 0 Å². The molecule has 0 saturated heterocycles. The second kappa shape index (κ2) is 8.17. The highest BCUT2D eigenvalue weighted by atomic mass is 16.1. The van der Waals surface area contributed by atoms with E-state index in [4.69, 9.17) is 5.73 Å². The Bertz CT molecular complexity index is 434. The number of aryl methyl sites for hydroxylation is 1. The average Bonchev–Trinajstić information content (AvgIpc) is 2.79. The molecule has 0 radical (unpaired) electrons. The van der Waals surface area contributed by atoms with E-state index in [-0.39, 0.29) is 11.3 Å². The average molecular weight is 294 g/mol. The fourth-order valence-electron chi connectivity index (χ4n) is 2.58. The Labute approximate surface area is 128 Å². The summed E-state index contributed by atoms with van der Waals surface area (Å²) in [5.41, 5.74) is 7.01. The summed E-state index contributed by atoms with van der Waals surface area (Å²) >= 11 is 0. The van der Waals surface area contributed by atoms with E-state index >= 15 is 0 Å². The van der Waals surface area contributed by atoms with E-state index in [0.29, 0.717) is 25.4 Å². The molecule has 0 fully saturated rings. The first-order valence-corrected chi connectivity index (χ1v) is 7.78. The van der Waals surface area contributed by atoms with E-state index in [1.807, 2.05) is 17.8 Å². The molecule has 0 saturated carbocycles. The van der Waals surface area contributed by atoms with Gasteiger partial charge in [0.1, 0.15) is 0 Å². The third kappa shape index (κ3) is 6.29. The minimum absolute atomic E-state index is 0.128. The van der Waals surface area contributed by atoms with Crippen LogP contribution in [0.3, 0.4) is 0 Å². The topological polar surface area (TPSA) is 72.9 Å². The highest BCUT2D eigenvalue weighted by molar-refractivity contribution is 5.75. The Morgan fingerprint density at radius 3 is 2.67 bits per heavy atom. The summed E-state index contributed by atoms with van der Waals surface area (Å²) in [5.74, 6) is 0.619. The lowest BCUT2D eigenvalue weighted by Crippen LogP contribution is -2.29. The second-order valence-electron chi connectivity index (χ2n) is 6.73. The lowest BCUT2D eigenvalue weighted by Gasteiger charge is -2.30. The van der Waals surface area contributed by atoms with Crippen LogP contribution in [0.25, 0.3) is 0 Å². The van der Waals surface area contributed by atoms with Gasteiger partial charge in [0.15, 0.2) is 0 Å². The van der Waals surface area contributed by atoms with Crippen LogP contribution in [0, 0.1) is 11.3 Å². The minimum atomic E-state index is 0.128. The van der Waals surface area contributed by atoms with Crippen molar-refractivity contribution >= 4 is 5.91 Å². The largest absolute Gasteiger partial charge is 0.356 e. The van der Waals surface area contributed by atoms with Crippen LogP contribution in [-0.4, -0.2) is 28.8 Å². The molecule has 1 amide bonds. The van der Waals surface area contributed by atoms with Gasteiger partial charge in [0, 0.05) is 38.3 Å². The Balaban J connectivity index is 2.28. The van der Waals surface area contributed by atoms with Crippen molar-refractivity contribution in [2.45, 2.75) is 46.5 Å². The molecule has 0 bridgehead atoms. The van der Waals surface area contributed by atoms with Crippen molar-refractivity contribution in [2.24, 2.45) is 24.1 Å². The van der Waals surface area contributed by atoms with Crippen molar-refractivity contribution in [3.8, 4) is 0 Å². The molecule has 0 aromatic carbocycles. The van der Waals surface area contributed by atoms with Gasteiger partial charge in [-0.05, 0) is 36.8 Å². The Hall–Kier alpha value is -1.36.